The van der Waals surface area contributed by atoms with Crippen molar-refractivity contribution in [2.24, 2.45) is 11.1 Å². The van der Waals surface area contributed by atoms with E-state index in [1.807, 2.05) is 0 Å². The highest BCUT2D eigenvalue weighted by atomic mass is 19.1. The highest BCUT2D eigenvalue weighted by molar-refractivity contribution is 5.96. The van der Waals surface area contributed by atoms with Gasteiger partial charge < -0.3 is 20.5 Å². The smallest absolute Gasteiger partial charge is 0.232 e. The summed E-state index contributed by atoms with van der Waals surface area (Å²) in [5.74, 6) is -0.301. The lowest BCUT2D eigenvalue weighted by Gasteiger charge is -2.34. The average molecular weight is 282 g/mol. The Bertz CT molecular complexity index is 487. The fourth-order valence-corrected chi connectivity index (χ4v) is 2.31. The molecule has 0 bridgehead atoms. The van der Waals surface area contributed by atoms with E-state index in [-0.39, 0.29) is 18.2 Å². The number of methoxy groups -OCH3 is 1. The van der Waals surface area contributed by atoms with Crippen molar-refractivity contribution in [3.8, 4) is 5.75 Å². The molecule has 0 unspecified atom stereocenters. The summed E-state index contributed by atoms with van der Waals surface area (Å²) >= 11 is 0. The summed E-state index contributed by atoms with van der Waals surface area (Å²) < 4.78 is 23.5. The molecule has 1 aromatic carbocycles. The van der Waals surface area contributed by atoms with Crippen LogP contribution in [0.3, 0.4) is 0 Å². The molecule has 1 aliphatic rings. The normalized spacial score (nSPS) is 17.6. The van der Waals surface area contributed by atoms with Gasteiger partial charge in [0.1, 0.15) is 11.6 Å². The quantitative estimate of drug-likeness (QED) is 0.878. The second kappa shape index (κ2) is 6.19. The Balaban J connectivity index is 2.18. The Kier molecular flexibility index (Phi) is 4.57. The molecule has 1 amide bonds. The summed E-state index contributed by atoms with van der Waals surface area (Å²) in [6.07, 6.45) is 1.16. The van der Waals surface area contributed by atoms with Gasteiger partial charge in [0.25, 0.3) is 0 Å². The highest BCUT2D eigenvalue weighted by Gasteiger charge is 2.39. The van der Waals surface area contributed by atoms with Crippen molar-refractivity contribution in [3.63, 3.8) is 0 Å². The molecule has 0 atom stereocenters. The van der Waals surface area contributed by atoms with Crippen molar-refractivity contribution in [3.05, 3.63) is 24.0 Å². The van der Waals surface area contributed by atoms with Crippen molar-refractivity contribution < 1.29 is 18.7 Å². The zero-order valence-electron chi connectivity index (χ0n) is 11.4. The third kappa shape index (κ3) is 2.91. The van der Waals surface area contributed by atoms with E-state index in [4.69, 9.17) is 15.2 Å². The average Bonchev–Trinajstić information content (AvgIpc) is 2.49. The molecule has 3 N–H and O–H groups in total. The molecule has 0 aromatic heterocycles. The van der Waals surface area contributed by atoms with E-state index in [0.29, 0.717) is 31.7 Å². The number of ether oxygens (including phenoxy) is 2. The molecule has 0 aliphatic carbocycles. The van der Waals surface area contributed by atoms with Crippen LogP contribution in [0, 0.1) is 11.2 Å². The largest absolute Gasteiger partial charge is 0.494 e. The van der Waals surface area contributed by atoms with Gasteiger partial charge in [-0.1, -0.05) is 0 Å². The maximum Gasteiger partial charge on any atom is 0.232 e. The number of amides is 1. The maximum atomic E-state index is 13.1. The summed E-state index contributed by atoms with van der Waals surface area (Å²) in [4.78, 5) is 12.5. The lowest BCUT2D eigenvalue weighted by atomic mass is 9.79. The molecule has 1 saturated heterocycles. The molecule has 1 aliphatic heterocycles. The minimum atomic E-state index is -0.627. The first-order valence-electron chi connectivity index (χ1n) is 6.54. The number of anilines is 1. The zero-order valence-corrected chi connectivity index (χ0v) is 11.4. The van der Waals surface area contributed by atoms with E-state index in [2.05, 4.69) is 5.32 Å². The van der Waals surface area contributed by atoms with Gasteiger partial charge in [-0.2, -0.15) is 0 Å². The summed E-state index contributed by atoms with van der Waals surface area (Å²) in [7, 11) is 1.43. The Morgan fingerprint density at radius 1 is 1.50 bits per heavy atom. The predicted molar refractivity (Wildman–Crippen MR) is 73.1 cm³/mol. The number of benzene rings is 1. The van der Waals surface area contributed by atoms with Crippen LogP contribution in [-0.4, -0.2) is 32.8 Å². The topological polar surface area (TPSA) is 73.6 Å². The van der Waals surface area contributed by atoms with Gasteiger partial charge in [-0.3, -0.25) is 4.79 Å². The monoisotopic (exact) mass is 282 g/mol. The van der Waals surface area contributed by atoms with Gasteiger partial charge in [-0.15, -0.1) is 0 Å². The standard InChI is InChI=1S/C14H19FN2O3/c1-19-12-8-10(15)2-3-11(12)17-13(18)14(9-16)4-6-20-7-5-14/h2-3,8H,4-7,9,16H2,1H3,(H,17,18). The van der Waals surface area contributed by atoms with Gasteiger partial charge in [-0.25, -0.2) is 4.39 Å². The van der Waals surface area contributed by atoms with Gasteiger partial charge in [-0.05, 0) is 25.0 Å². The van der Waals surface area contributed by atoms with Crippen LogP contribution in [0.25, 0.3) is 0 Å². The minimum absolute atomic E-state index is 0.173. The van der Waals surface area contributed by atoms with Crippen LogP contribution >= 0.6 is 0 Å². The number of hydrogen-bond acceptors (Lipinski definition) is 4. The van der Waals surface area contributed by atoms with Crippen molar-refractivity contribution in [1.29, 1.82) is 0 Å². The van der Waals surface area contributed by atoms with Crippen LogP contribution in [0.15, 0.2) is 18.2 Å². The van der Waals surface area contributed by atoms with E-state index >= 15 is 0 Å². The van der Waals surface area contributed by atoms with Gasteiger partial charge in [0.2, 0.25) is 5.91 Å². The lowest BCUT2D eigenvalue weighted by Crippen LogP contribution is -2.46. The number of nitrogens with two attached hydrogens (primary N) is 1. The molecule has 1 fully saturated rings. The Morgan fingerprint density at radius 2 is 2.20 bits per heavy atom. The molecule has 6 heteroatoms. The predicted octanol–water partition coefficient (Wildman–Crippen LogP) is 1.53. The highest BCUT2D eigenvalue weighted by Crippen LogP contribution is 2.33. The van der Waals surface area contributed by atoms with Crippen molar-refractivity contribution in [2.45, 2.75) is 12.8 Å². The first-order chi connectivity index (χ1) is 9.61. The fourth-order valence-electron chi connectivity index (χ4n) is 2.31. The van der Waals surface area contributed by atoms with Crippen LogP contribution in [0.5, 0.6) is 5.75 Å². The summed E-state index contributed by atoms with van der Waals surface area (Å²) in [5.41, 5.74) is 5.60. The molecular weight excluding hydrogens is 263 g/mol. The third-order valence-electron chi connectivity index (χ3n) is 3.73. The summed E-state index contributed by atoms with van der Waals surface area (Å²) in [5, 5.41) is 2.78. The number of nitrogens with one attached hydrogen (secondary N) is 1. The molecule has 20 heavy (non-hydrogen) atoms. The Labute approximate surface area is 117 Å². The van der Waals surface area contributed by atoms with Gasteiger partial charge >= 0.3 is 0 Å². The van der Waals surface area contributed by atoms with Crippen LogP contribution in [0.1, 0.15) is 12.8 Å². The molecular formula is C14H19FN2O3. The van der Waals surface area contributed by atoms with Crippen molar-refractivity contribution >= 4 is 11.6 Å². The molecule has 0 radical (unpaired) electrons. The van der Waals surface area contributed by atoms with E-state index in [0.717, 1.165) is 0 Å². The lowest BCUT2D eigenvalue weighted by molar-refractivity contribution is -0.130. The summed E-state index contributed by atoms with van der Waals surface area (Å²) in [6, 6.07) is 3.99. The van der Waals surface area contributed by atoms with Crippen molar-refractivity contribution in [1.82, 2.24) is 0 Å². The molecule has 1 aromatic rings. The molecule has 2 rings (SSSR count). The number of rotatable bonds is 4. The van der Waals surface area contributed by atoms with E-state index in [1.165, 1.54) is 25.3 Å². The Morgan fingerprint density at radius 3 is 2.80 bits per heavy atom. The van der Waals surface area contributed by atoms with Crippen LogP contribution in [0.2, 0.25) is 0 Å². The Hall–Kier alpha value is -1.66. The van der Waals surface area contributed by atoms with Gasteiger partial charge in [0, 0.05) is 25.8 Å². The molecule has 0 spiro atoms. The summed E-state index contributed by atoms with van der Waals surface area (Å²) in [6.45, 7) is 1.29. The van der Waals surface area contributed by atoms with Crippen LogP contribution < -0.4 is 15.8 Å². The minimum Gasteiger partial charge on any atom is -0.494 e. The van der Waals surface area contributed by atoms with E-state index in [1.54, 1.807) is 0 Å². The van der Waals surface area contributed by atoms with Crippen LogP contribution in [-0.2, 0) is 9.53 Å². The molecule has 110 valence electrons. The van der Waals surface area contributed by atoms with E-state index < -0.39 is 11.2 Å². The number of halogens is 1. The third-order valence-corrected chi connectivity index (χ3v) is 3.73. The van der Waals surface area contributed by atoms with Crippen LogP contribution in [0.4, 0.5) is 10.1 Å². The first-order valence-corrected chi connectivity index (χ1v) is 6.54. The second-order valence-electron chi connectivity index (χ2n) is 4.90. The number of hydrogen-bond donors (Lipinski definition) is 2. The molecule has 5 nitrogen and oxygen atoms in total. The fraction of sp³-hybridized carbons (Fsp3) is 0.500. The van der Waals surface area contributed by atoms with Gasteiger partial charge in [0.05, 0.1) is 18.2 Å². The SMILES string of the molecule is COc1cc(F)ccc1NC(=O)C1(CN)CCOCC1. The maximum absolute atomic E-state index is 13.1. The molecule has 1 heterocycles. The first kappa shape index (κ1) is 14.7. The number of carbonyl (C=O) groups excluding carboxylic acids is 1. The molecule has 0 saturated carbocycles. The zero-order chi connectivity index (χ0) is 14.6. The van der Waals surface area contributed by atoms with E-state index in [9.17, 15) is 9.18 Å². The number of carbonyl (C=O) groups is 1. The second-order valence-corrected chi connectivity index (χ2v) is 4.90. The van der Waals surface area contributed by atoms with Crippen molar-refractivity contribution in [2.75, 3.05) is 32.2 Å². The van der Waals surface area contributed by atoms with Gasteiger partial charge in [0.15, 0.2) is 0 Å².